The predicted octanol–water partition coefficient (Wildman–Crippen LogP) is 1.58. The minimum atomic E-state index is -0.686. The lowest BCUT2D eigenvalue weighted by molar-refractivity contribution is -0.393. The van der Waals surface area contributed by atoms with Crippen LogP contribution < -0.4 is 5.32 Å². The summed E-state index contributed by atoms with van der Waals surface area (Å²) >= 11 is 0. The molecule has 1 rings (SSSR count). The molecule has 0 radical (unpaired) electrons. The first-order chi connectivity index (χ1) is 18.0. The summed E-state index contributed by atoms with van der Waals surface area (Å²) in [6.07, 6.45) is 0.222. The molecular weight excluding hydrogens is 498 g/mol. The van der Waals surface area contributed by atoms with E-state index in [9.17, 15) is 25.0 Å². The van der Waals surface area contributed by atoms with E-state index in [2.05, 4.69) is 10.1 Å². The molecule has 0 aromatic heterocycles. The van der Waals surface area contributed by atoms with Gasteiger partial charge in [-0.1, -0.05) is 0 Å². The zero-order chi connectivity index (χ0) is 27.1. The quantitative estimate of drug-likeness (QED) is 0.0876. The largest absolute Gasteiger partial charge is 0.469 e. The number of carbonyl (C=O) groups excluding carboxylic acids is 1. The number of ether oxygens (including phenoxy) is 7. The highest BCUT2D eigenvalue weighted by Crippen LogP contribution is 2.28. The third kappa shape index (κ3) is 16.4. The molecule has 0 aliphatic carbocycles. The van der Waals surface area contributed by atoms with Gasteiger partial charge in [0, 0.05) is 12.6 Å². The summed E-state index contributed by atoms with van der Waals surface area (Å²) in [4.78, 5) is 31.4. The van der Waals surface area contributed by atoms with Crippen LogP contribution in [0, 0.1) is 20.2 Å². The van der Waals surface area contributed by atoms with Crippen LogP contribution in [0.1, 0.15) is 6.42 Å². The second kappa shape index (κ2) is 21.2. The molecule has 0 saturated carbocycles. The van der Waals surface area contributed by atoms with Gasteiger partial charge in [-0.05, 0) is 6.07 Å². The molecule has 210 valence electrons. The van der Waals surface area contributed by atoms with Gasteiger partial charge in [-0.3, -0.25) is 25.0 Å². The van der Waals surface area contributed by atoms with Gasteiger partial charge in [-0.25, -0.2) is 0 Å². The number of non-ortho nitro benzene ring substituents is 1. The minimum absolute atomic E-state index is 0.183. The second-order valence-electron chi connectivity index (χ2n) is 7.14. The van der Waals surface area contributed by atoms with Crippen molar-refractivity contribution in [1.29, 1.82) is 0 Å². The van der Waals surface area contributed by atoms with Crippen molar-refractivity contribution in [3.8, 4) is 0 Å². The van der Waals surface area contributed by atoms with E-state index >= 15 is 0 Å². The fourth-order valence-corrected chi connectivity index (χ4v) is 2.65. The molecule has 0 spiro atoms. The van der Waals surface area contributed by atoms with Crippen LogP contribution in [-0.2, 0) is 38.0 Å². The molecule has 37 heavy (non-hydrogen) atoms. The fraction of sp³-hybridized carbons (Fsp3) is 0.682. The van der Waals surface area contributed by atoms with Crippen LogP contribution >= 0.6 is 0 Å². The molecule has 0 unspecified atom stereocenters. The first kappa shape index (κ1) is 32.1. The van der Waals surface area contributed by atoms with Gasteiger partial charge in [0.15, 0.2) is 0 Å². The SMILES string of the molecule is COC(=O)CCOCCOCCOCCOCCOCCOCCNc1ccc([N+](=O)[O-])cc1[N+](=O)[O-]. The topological polar surface area (TPSA) is 180 Å². The zero-order valence-corrected chi connectivity index (χ0v) is 20.9. The van der Waals surface area contributed by atoms with Crippen molar-refractivity contribution in [2.45, 2.75) is 6.42 Å². The Morgan fingerprint density at radius 3 is 1.62 bits per heavy atom. The number of nitrogens with one attached hydrogen (secondary N) is 1. The Kier molecular flexibility index (Phi) is 18.4. The maximum absolute atomic E-state index is 11.1. The molecule has 1 aromatic rings. The number of hydrogen-bond acceptors (Lipinski definition) is 13. The van der Waals surface area contributed by atoms with Gasteiger partial charge in [0.25, 0.3) is 11.4 Å². The van der Waals surface area contributed by atoms with Crippen molar-refractivity contribution in [1.82, 2.24) is 0 Å². The van der Waals surface area contributed by atoms with Gasteiger partial charge in [0.2, 0.25) is 0 Å². The molecule has 15 heteroatoms. The molecule has 0 atom stereocenters. The number of nitro benzene ring substituents is 2. The Balaban J connectivity index is 1.86. The van der Waals surface area contributed by atoms with Crippen molar-refractivity contribution in [3.63, 3.8) is 0 Å². The van der Waals surface area contributed by atoms with Crippen LogP contribution in [0.4, 0.5) is 17.1 Å². The molecule has 0 aliphatic rings. The molecule has 1 N–H and O–H groups in total. The third-order valence-electron chi connectivity index (χ3n) is 4.49. The Morgan fingerprint density at radius 2 is 1.19 bits per heavy atom. The van der Waals surface area contributed by atoms with Gasteiger partial charge >= 0.3 is 5.97 Å². The van der Waals surface area contributed by atoms with Crippen LogP contribution in [0.2, 0.25) is 0 Å². The summed E-state index contributed by atoms with van der Waals surface area (Å²) in [5.41, 5.74) is -0.532. The van der Waals surface area contributed by atoms with Crippen LogP contribution in [0.3, 0.4) is 0 Å². The lowest BCUT2D eigenvalue weighted by atomic mass is 10.2. The number of benzene rings is 1. The van der Waals surface area contributed by atoms with Crippen molar-refractivity contribution in [2.24, 2.45) is 0 Å². The van der Waals surface area contributed by atoms with Crippen molar-refractivity contribution in [2.75, 3.05) is 98.3 Å². The van der Waals surface area contributed by atoms with E-state index in [1.165, 1.54) is 19.2 Å². The third-order valence-corrected chi connectivity index (χ3v) is 4.49. The van der Waals surface area contributed by atoms with Crippen molar-refractivity contribution < 1.29 is 47.8 Å². The molecule has 0 saturated heterocycles. The van der Waals surface area contributed by atoms with Gasteiger partial charge in [-0.2, -0.15) is 0 Å². The van der Waals surface area contributed by atoms with Crippen LogP contribution in [0.5, 0.6) is 0 Å². The van der Waals surface area contributed by atoms with Gasteiger partial charge in [0.1, 0.15) is 5.69 Å². The Morgan fingerprint density at radius 1 is 0.730 bits per heavy atom. The molecule has 0 heterocycles. The van der Waals surface area contributed by atoms with E-state index in [-0.39, 0.29) is 42.6 Å². The molecule has 0 amide bonds. The van der Waals surface area contributed by atoms with Gasteiger partial charge in [-0.15, -0.1) is 0 Å². The number of nitrogens with zero attached hydrogens (tertiary/aromatic N) is 2. The van der Waals surface area contributed by atoms with Crippen LogP contribution in [0.15, 0.2) is 18.2 Å². The highest BCUT2D eigenvalue weighted by Gasteiger charge is 2.18. The van der Waals surface area contributed by atoms with E-state index in [0.29, 0.717) is 72.7 Å². The summed E-state index contributed by atoms with van der Waals surface area (Å²) in [5, 5.41) is 24.7. The maximum Gasteiger partial charge on any atom is 0.307 e. The van der Waals surface area contributed by atoms with Crippen molar-refractivity contribution in [3.05, 3.63) is 38.4 Å². The summed E-state index contributed by atoms with van der Waals surface area (Å²) < 4.78 is 36.6. The molecule has 0 fully saturated rings. The Hall–Kier alpha value is -2.95. The fourth-order valence-electron chi connectivity index (χ4n) is 2.65. The number of hydrogen-bond donors (Lipinski definition) is 1. The number of nitro groups is 2. The first-order valence-electron chi connectivity index (χ1n) is 11.7. The van der Waals surface area contributed by atoms with E-state index in [4.69, 9.17) is 28.4 Å². The van der Waals surface area contributed by atoms with Gasteiger partial charge < -0.3 is 38.5 Å². The molecular formula is C22H35N3O12. The van der Waals surface area contributed by atoms with E-state index in [1.807, 2.05) is 0 Å². The lowest BCUT2D eigenvalue weighted by Crippen LogP contribution is -2.15. The molecule has 15 nitrogen and oxygen atoms in total. The number of carbonyl (C=O) groups is 1. The van der Waals surface area contributed by atoms with E-state index < -0.39 is 9.85 Å². The highest BCUT2D eigenvalue weighted by molar-refractivity contribution is 5.69. The maximum atomic E-state index is 11.1. The van der Waals surface area contributed by atoms with Gasteiger partial charge in [0.05, 0.1) is 109 Å². The monoisotopic (exact) mass is 533 g/mol. The number of rotatable bonds is 24. The summed E-state index contributed by atoms with van der Waals surface area (Å²) in [6.45, 7) is 4.92. The average molecular weight is 534 g/mol. The first-order valence-corrected chi connectivity index (χ1v) is 11.7. The van der Waals surface area contributed by atoms with Crippen LogP contribution in [0.25, 0.3) is 0 Å². The summed E-state index contributed by atoms with van der Waals surface area (Å²) in [6, 6.07) is 3.41. The smallest absolute Gasteiger partial charge is 0.307 e. The number of methoxy groups -OCH3 is 1. The predicted molar refractivity (Wildman–Crippen MR) is 130 cm³/mol. The summed E-state index contributed by atoms with van der Waals surface area (Å²) in [7, 11) is 1.33. The molecule has 1 aromatic carbocycles. The zero-order valence-electron chi connectivity index (χ0n) is 20.9. The highest BCUT2D eigenvalue weighted by atomic mass is 16.6. The number of anilines is 1. The Bertz CT molecular complexity index is 796. The van der Waals surface area contributed by atoms with E-state index in [1.54, 1.807) is 0 Å². The van der Waals surface area contributed by atoms with E-state index in [0.717, 1.165) is 6.07 Å². The average Bonchev–Trinajstić information content (AvgIpc) is 2.89. The molecule has 0 bridgehead atoms. The number of esters is 1. The minimum Gasteiger partial charge on any atom is -0.469 e. The second-order valence-corrected chi connectivity index (χ2v) is 7.14. The lowest BCUT2D eigenvalue weighted by Gasteiger charge is -2.09. The summed E-state index contributed by atoms with van der Waals surface area (Å²) in [5.74, 6) is -0.307. The normalized spacial score (nSPS) is 10.8. The standard InChI is InChI=1S/C22H35N3O12/c1-31-22(26)4-6-32-8-10-34-12-14-36-16-17-37-15-13-35-11-9-33-7-5-23-20-3-2-19(24(27)28)18-21(20)25(29)30/h2-3,18,23H,4-17H2,1H3. The van der Waals surface area contributed by atoms with Crippen LogP contribution in [-0.4, -0.2) is 109 Å². The van der Waals surface area contributed by atoms with Crippen molar-refractivity contribution >= 4 is 23.0 Å². The molecule has 0 aliphatic heterocycles. The Labute approximate surface area is 214 Å².